The van der Waals surface area contributed by atoms with Crippen molar-refractivity contribution in [1.29, 1.82) is 0 Å². The van der Waals surface area contributed by atoms with E-state index in [2.05, 4.69) is 55.3 Å². The van der Waals surface area contributed by atoms with E-state index in [0.29, 0.717) is 5.02 Å². The van der Waals surface area contributed by atoms with E-state index in [4.69, 9.17) is 11.6 Å². The molecule has 1 amide bonds. The minimum atomic E-state index is -0.0358. The van der Waals surface area contributed by atoms with Crippen molar-refractivity contribution in [2.75, 3.05) is 18.0 Å². The Labute approximate surface area is 193 Å². The second-order valence-electron chi connectivity index (χ2n) is 8.98. The minimum Gasteiger partial charge on any atom is -0.371 e. The predicted octanol–water partition coefficient (Wildman–Crippen LogP) is 4.32. The number of halogens is 1. The molecule has 1 aliphatic heterocycles. The maximum Gasteiger partial charge on any atom is 0.217 e. The highest BCUT2D eigenvalue weighted by molar-refractivity contribution is 6.33. The molecule has 166 valence electrons. The first kappa shape index (κ1) is 21.0. The lowest BCUT2D eigenvalue weighted by molar-refractivity contribution is -0.119. The first-order valence-electron chi connectivity index (χ1n) is 11.3. The topological polar surface area (TPSA) is 63.1 Å². The Hall–Kier alpha value is -2.86. The SMILES string of the molecule is CC(=O)NC1CCN(c2ccc(-c3nnc(C4(c5ccccc5)CC4)n3C)c(Cl)c2)CC1. The van der Waals surface area contributed by atoms with Crippen LogP contribution in [0.2, 0.25) is 5.02 Å². The molecule has 32 heavy (non-hydrogen) atoms. The quantitative estimate of drug-likeness (QED) is 0.630. The lowest BCUT2D eigenvalue weighted by Gasteiger charge is -2.34. The van der Waals surface area contributed by atoms with Crippen molar-refractivity contribution in [1.82, 2.24) is 20.1 Å². The lowest BCUT2D eigenvalue weighted by atomic mass is 9.95. The summed E-state index contributed by atoms with van der Waals surface area (Å²) in [4.78, 5) is 13.6. The minimum absolute atomic E-state index is 0.0358. The van der Waals surface area contributed by atoms with Crippen LogP contribution in [0.4, 0.5) is 5.69 Å². The number of anilines is 1. The summed E-state index contributed by atoms with van der Waals surface area (Å²) in [5.74, 6) is 1.83. The van der Waals surface area contributed by atoms with Gasteiger partial charge in [-0.05, 0) is 49.4 Å². The maximum atomic E-state index is 11.3. The smallest absolute Gasteiger partial charge is 0.217 e. The fourth-order valence-corrected chi connectivity index (χ4v) is 5.21. The molecule has 1 saturated carbocycles. The van der Waals surface area contributed by atoms with Crippen molar-refractivity contribution >= 4 is 23.2 Å². The van der Waals surface area contributed by atoms with Crippen LogP contribution in [0.25, 0.3) is 11.4 Å². The zero-order chi connectivity index (χ0) is 22.3. The highest BCUT2D eigenvalue weighted by atomic mass is 35.5. The van der Waals surface area contributed by atoms with Crippen LogP contribution in [-0.2, 0) is 17.3 Å². The number of aromatic nitrogens is 3. The second kappa shape index (κ2) is 8.24. The second-order valence-corrected chi connectivity index (χ2v) is 9.39. The monoisotopic (exact) mass is 449 g/mol. The van der Waals surface area contributed by atoms with E-state index in [0.717, 1.165) is 61.7 Å². The Balaban J connectivity index is 1.36. The Morgan fingerprint density at radius 2 is 1.81 bits per heavy atom. The van der Waals surface area contributed by atoms with Crippen LogP contribution in [0, 0.1) is 0 Å². The lowest BCUT2D eigenvalue weighted by Crippen LogP contribution is -2.44. The number of carbonyl (C=O) groups excluding carboxylic acids is 1. The first-order chi connectivity index (χ1) is 15.5. The molecule has 6 nitrogen and oxygen atoms in total. The van der Waals surface area contributed by atoms with Gasteiger partial charge in [-0.3, -0.25) is 4.79 Å². The number of carbonyl (C=O) groups is 1. The van der Waals surface area contributed by atoms with Crippen LogP contribution >= 0.6 is 11.6 Å². The maximum absolute atomic E-state index is 11.3. The van der Waals surface area contributed by atoms with Gasteiger partial charge >= 0.3 is 0 Å². The van der Waals surface area contributed by atoms with E-state index >= 15 is 0 Å². The molecular formula is C25H28ClN5O. The van der Waals surface area contributed by atoms with Gasteiger partial charge in [0.05, 0.1) is 10.4 Å². The summed E-state index contributed by atoms with van der Waals surface area (Å²) >= 11 is 6.74. The summed E-state index contributed by atoms with van der Waals surface area (Å²) in [5, 5.41) is 12.8. The van der Waals surface area contributed by atoms with Gasteiger partial charge in [-0.2, -0.15) is 0 Å². The van der Waals surface area contributed by atoms with E-state index < -0.39 is 0 Å². The molecule has 2 aliphatic rings. The van der Waals surface area contributed by atoms with Gasteiger partial charge in [-0.1, -0.05) is 41.9 Å². The van der Waals surface area contributed by atoms with Crippen LogP contribution < -0.4 is 10.2 Å². The molecule has 1 N–H and O–H groups in total. The number of hydrogen-bond donors (Lipinski definition) is 1. The molecule has 0 bridgehead atoms. The number of hydrogen-bond acceptors (Lipinski definition) is 4. The Morgan fingerprint density at radius 3 is 2.44 bits per heavy atom. The molecule has 7 heteroatoms. The molecule has 0 spiro atoms. The van der Waals surface area contributed by atoms with Gasteiger partial charge in [-0.25, -0.2) is 0 Å². The van der Waals surface area contributed by atoms with E-state index in [9.17, 15) is 4.79 Å². The normalized spacial score (nSPS) is 17.9. The zero-order valence-electron chi connectivity index (χ0n) is 18.5. The van der Waals surface area contributed by atoms with Gasteiger partial charge in [-0.15, -0.1) is 10.2 Å². The first-order valence-corrected chi connectivity index (χ1v) is 11.6. The van der Waals surface area contributed by atoms with Gasteiger partial charge in [0.25, 0.3) is 0 Å². The van der Waals surface area contributed by atoms with Gasteiger partial charge in [0.1, 0.15) is 5.82 Å². The summed E-state index contributed by atoms with van der Waals surface area (Å²) in [6, 6.07) is 17.0. The Bertz CT molecular complexity index is 1130. The summed E-state index contributed by atoms with van der Waals surface area (Å²) in [6.07, 6.45) is 4.05. The van der Waals surface area contributed by atoms with Gasteiger partial charge in [0.15, 0.2) is 5.82 Å². The van der Waals surface area contributed by atoms with Crippen molar-refractivity contribution < 1.29 is 4.79 Å². The molecule has 1 aliphatic carbocycles. The van der Waals surface area contributed by atoms with Crippen molar-refractivity contribution in [3.63, 3.8) is 0 Å². The van der Waals surface area contributed by atoms with Gasteiger partial charge in [0.2, 0.25) is 5.91 Å². The van der Waals surface area contributed by atoms with Crippen LogP contribution in [0.3, 0.4) is 0 Å². The fraction of sp³-hybridized carbons (Fsp3) is 0.400. The molecule has 1 saturated heterocycles. The van der Waals surface area contributed by atoms with Crippen LogP contribution in [-0.4, -0.2) is 39.8 Å². The van der Waals surface area contributed by atoms with Crippen molar-refractivity contribution in [3.8, 4) is 11.4 Å². The molecule has 5 rings (SSSR count). The number of nitrogens with one attached hydrogen (secondary N) is 1. The highest BCUT2D eigenvalue weighted by Gasteiger charge is 2.49. The number of rotatable bonds is 5. The largest absolute Gasteiger partial charge is 0.371 e. The van der Waals surface area contributed by atoms with E-state index in [1.165, 1.54) is 5.56 Å². The molecule has 2 heterocycles. The summed E-state index contributed by atoms with van der Waals surface area (Å²) in [5.41, 5.74) is 3.26. The molecular weight excluding hydrogens is 422 g/mol. The summed E-state index contributed by atoms with van der Waals surface area (Å²) < 4.78 is 2.10. The molecule has 1 aromatic heterocycles. The third-order valence-corrected chi connectivity index (χ3v) is 7.15. The number of piperidine rings is 1. The molecule has 0 unspecified atom stereocenters. The third kappa shape index (κ3) is 3.77. The van der Waals surface area contributed by atoms with Crippen molar-refractivity contribution in [2.45, 2.75) is 44.1 Å². The van der Waals surface area contributed by atoms with Crippen molar-refractivity contribution in [2.24, 2.45) is 7.05 Å². The third-order valence-electron chi connectivity index (χ3n) is 6.84. The average molecular weight is 450 g/mol. The predicted molar refractivity (Wildman–Crippen MR) is 127 cm³/mol. The van der Waals surface area contributed by atoms with Gasteiger partial charge < -0.3 is 14.8 Å². The van der Waals surface area contributed by atoms with Crippen LogP contribution in [0.15, 0.2) is 48.5 Å². The Kier molecular flexibility index (Phi) is 5.41. The van der Waals surface area contributed by atoms with Crippen LogP contribution in [0.5, 0.6) is 0 Å². The van der Waals surface area contributed by atoms with Gasteiger partial charge in [0, 0.05) is 44.4 Å². The standard InChI is InChI=1S/C25H28ClN5O/c1-17(32)27-19-10-14-31(15-11-19)20-8-9-21(22(26)16-20)23-28-29-24(30(23)2)25(12-13-25)18-6-4-3-5-7-18/h3-9,16,19H,10-15H2,1-2H3,(H,27,32). The summed E-state index contributed by atoms with van der Waals surface area (Å²) in [7, 11) is 2.03. The summed E-state index contributed by atoms with van der Waals surface area (Å²) in [6.45, 7) is 3.37. The molecule has 0 atom stereocenters. The molecule has 3 aromatic rings. The van der Waals surface area contributed by atoms with Crippen molar-refractivity contribution in [3.05, 3.63) is 64.9 Å². The number of benzene rings is 2. The number of nitrogens with zero attached hydrogens (tertiary/aromatic N) is 4. The zero-order valence-corrected chi connectivity index (χ0v) is 19.3. The fourth-order valence-electron chi connectivity index (χ4n) is 4.96. The molecule has 2 fully saturated rings. The average Bonchev–Trinajstić information content (AvgIpc) is 3.51. The molecule has 2 aromatic carbocycles. The van der Waals surface area contributed by atoms with Crippen LogP contribution in [0.1, 0.15) is 44.0 Å². The highest BCUT2D eigenvalue weighted by Crippen LogP contribution is 2.53. The van der Waals surface area contributed by atoms with E-state index in [1.807, 2.05) is 25.2 Å². The molecule has 0 radical (unpaired) electrons. The van der Waals surface area contributed by atoms with E-state index in [-0.39, 0.29) is 17.4 Å². The number of amides is 1. The van der Waals surface area contributed by atoms with E-state index in [1.54, 1.807) is 6.92 Å². The Morgan fingerprint density at radius 1 is 1.09 bits per heavy atom.